The van der Waals surface area contributed by atoms with Crippen LogP contribution >= 0.6 is 11.8 Å². The topological polar surface area (TPSA) is 77.0 Å². The van der Waals surface area contributed by atoms with Gasteiger partial charge in [0.2, 0.25) is 11.1 Å². The van der Waals surface area contributed by atoms with Gasteiger partial charge in [-0.15, -0.1) is 10.2 Å². The van der Waals surface area contributed by atoms with Crippen molar-refractivity contribution in [2.75, 3.05) is 24.7 Å². The summed E-state index contributed by atoms with van der Waals surface area (Å²) in [6.45, 7) is 5.84. The van der Waals surface area contributed by atoms with Crippen LogP contribution in [0.3, 0.4) is 0 Å². The van der Waals surface area contributed by atoms with Crippen molar-refractivity contribution in [3.63, 3.8) is 0 Å². The maximum Gasteiger partial charge on any atom is 0.233 e. The minimum absolute atomic E-state index is 0.152. The Bertz CT molecular complexity index is 724. The van der Waals surface area contributed by atoms with E-state index in [0.29, 0.717) is 22.7 Å². The Morgan fingerprint density at radius 1 is 1.32 bits per heavy atom. The van der Waals surface area contributed by atoms with Crippen LogP contribution in [0.2, 0.25) is 0 Å². The number of hydrogen-bond acceptors (Lipinski definition) is 5. The molecule has 134 valence electrons. The van der Waals surface area contributed by atoms with E-state index in [0.717, 1.165) is 25.1 Å². The summed E-state index contributed by atoms with van der Waals surface area (Å²) in [5.41, 5.74) is 2.10. The fourth-order valence-corrected chi connectivity index (χ4v) is 3.45. The van der Waals surface area contributed by atoms with Crippen LogP contribution in [-0.4, -0.2) is 44.5 Å². The first-order valence-corrected chi connectivity index (χ1v) is 9.75. The van der Waals surface area contributed by atoms with Gasteiger partial charge in [0.15, 0.2) is 5.82 Å². The third kappa shape index (κ3) is 4.54. The monoisotopic (exact) mass is 359 g/mol. The van der Waals surface area contributed by atoms with Crippen molar-refractivity contribution in [3.05, 3.63) is 29.8 Å². The van der Waals surface area contributed by atoms with E-state index in [1.54, 1.807) is 0 Å². The second kappa shape index (κ2) is 7.91. The van der Waals surface area contributed by atoms with Crippen LogP contribution in [0, 0.1) is 12.8 Å². The minimum atomic E-state index is 0.152. The van der Waals surface area contributed by atoms with E-state index in [2.05, 4.69) is 17.1 Å². The molecule has 1 aliphatic carbocycles. The average Bonchev–Trinajstić information content (AvgIpc) is 3.35. The van der Waals surface area contributed by atoms with Gasteiger partial charge in [-0.2, -0.15) is 0 Å². The first-order chi connectivity index (χ1) is 12.1. The lowest BCUT2D eigenvalue weighted by Crippen LogP contribution is -2.35. The van der Waals surface area contributed by atoms with Crippen molar-refractivity contribution in [3.8, 4) is 11.4 Å². The number of aromatic nitrogens is 3. The number of nitrogen functional groups attached to an aromatic ring is 1. The predicted octanol–water partition coefficient (Wildman–Crippen LogP) is 2.71. The zero-order valence-corrected chi connectivity index (χ0v) is 15.6. The molecule has 0 saturated heterocycles. The van der Waals surface area contributed by atoms with Crippen LogP contribution in [-0.2, 0) is 4.79 Å². The molecule has 3 rings (SSSR count). The first-order valence-electron chi connectivity index (χ1n) is 8.76. The minimum Gasteiger partial charge on any atom is -0.342 e. The SMILES string of the molecule is CCCN(CC1CC1)C(=O)CSc1nnc(-c2ccc(C)cc2)n1N. The van der Waals surface area contributed by atoms with Gasteiger partial charge < -0.3 is 10.7 Å². The van der Waals surface area contributed by atoms with Gasteiger partial charge in [-0.1, -0.05) is 48.5 Å². The molecule has 2 N–H and O–H groups in total. The van der Waals surface area contributed by atoms with Gasteiger partial charge in [0.1, 0.15) is 0 Å². The molecule has 1 heterocycles. The van der Waals surface area contributed by atoms with Gasteiger partial charge in [-0.25, -0.2) is 4.68 Å². The number of nitrogens with zero attached hydrogens (tertiary/aromatic N) is 4. The summed E-state index contributed by atoms with van der Waals surface area (Å²) in [6.07, 6.45) is 3.48. The Hall–Kier alpha value is -2.02. The number of rotatable bonds is 8. The number of carbonyl (C=O) groups excluding carboxylic acids is 1. The number of aryl methyl sites for hydroxylation is 1. The van der Waals surface area contributed by atoms with Crippen LogP contribution in [0.4, 0.5) is 0 Å². The van der Waals surface area contributed by atoms with Crippen molar-refractivity contribution in [1.29, 1.82) is 0 Å². The molecular weight excluding hydrogens is 334 g/mol. The number of thioether (sulfide) groups is 1. The highest BCUT2D eigenvalue weighted by Crippen LogP contribution is 2.30. The Kier molecular flexibility index (Phi) is 5.63. The average molecular weight is 359 g/mol. The summed E-state index contributed by atoms with van der Waals surface area (Å²) in [7, 11) is 0. The molecule has 6 nitrogen and oxygen atoms in total. The van der Waals surface area contributed by atoms with E-state index in [1.165, 1.54) is 34.8 Å². The zero-order chi connectivity index (χ0) is 17.8. The molecule has 7 heteroatoms. The summed E-state index contributed by atoms with van der Waals surface area (Å²) < 4.78 is 1.47. The molecule has 0 spiro atoms. The van der Waals surface area contributed by atoms with E-state index in [9.17, 15) is 4.79 Å². The van der Waals surface area contributed by atoms with Crippen LogP contribution < -0.4 is 5.84 Å². The standard InChI is InChI=1S/C18H25N5OS/c1-3-10-22(11-14-6-7-14)16(24)12-25-18-21-20-17(23(18)19)15-8-4-13(2)5-9-15/h4-5,8-9,14H,3,6-7,10-12,19H2,1-2H3. The summed E-state index contributed by atoms with van der Waals surface area (Å²) in [4.78, 5) is 14.5. The molecule has 1 saturated carbocycles. The van der Waals surface area contributed by atoms with Gasteiger partial charge in [0.05, 0.1) is 5.75 Å². The van der Waals surface area contributed by atoms with E-state index in [-0.39, 0.29) is 5.91 Å². The highest BCUT2D eigenvalue weighted by Gasteiger charge is 2.26. The number of nitrogens with two attached hydrogens (primary N) is 1. The first kappa shape index (κ1) is 17.8. The predicted molar refractivity (Wildman–Crippen MR) is 101 cm³/mol. The fourth-order valence-electron chi connectivity index (χ4n) is 2.69. The number of hydrogen-bond donors (Lipinski definition) is 1. The lowest BCUT2D eigenvalue weighted by Gasteiger charge is -2.21. The molecule has 0 atom stereocenters. The largest absolute Gasteiger partial charge is 0.342 e. The third-order valence-electron chi connectivity index (χ3n) is 4.32. The fraction of sp³-hybridized carbons (Fsp3) is 0.500. The normalized spacial score (nSPS) is 13.8. The van der Waals surface area contributed by atoms with Gasteiger partial charge in [-0.05, 0) is 32.1 Å². The molecule has 25 heavy (non-hydrogen) atoms. The smallest absolute Gasteiger partial charge is 0.233 e. The number of benzene rings is 1. The molecular formula is C18H25N5OS. The second-order valence-electron chi connectivity index (χ2n) is 6.61. The summed E-state index contributed by atoms with van der Waals surface area (Å²) in [6, 6.07) is 7.98. The Morgan fingerprint density at radius 2 is 2.04 bits per heavy atom. The highest BCUT2D eigenvalue weighted by atomic mass is 32.2. The van der Waals surface area contributed by atoms with Gasteiger partial charge in [0.25, 0.3) is 0 Å². The van der Waals surface area contributed by atoms with E-state index in [1.807, 2.05) is 36.1 Å². The molecule has 1 aromatic carbocycles. The molecule has 0 bridgehead atoms. The Labute approximate surface area is 152 Å². The van der Waals surface area contributed by atoms with Crippen molar-refractivity contribution >= 4 is 17.7 Å². The highest BCUT2D eigenvalue weighted by molar-refractivity contribution is 7.99. The van der Waals surface area contributed by atoms with Crippen LogP contribution in [0.25, 0.3) is 11.4 Å². The Balaban J connectivity index is 1.62. The summed E-state index contributed by atoms with van der Waals surface area (Å²) >= 11 is 1.35. The van der Waals surface area contributed by atoms with Gasteiger partial charge in [0, 0.05) is 18.7 Å². The maximum atomic E-state index is 12.5. The zero-order valence-electron chi connectivity index (χ0n) is 14.8. The molecule has 1 aliphatic rings. The van der Waals surface area contributed by atoms with Crippen LogP contribution in [0.5, 0.6) is 0 Å². The van der Waals surface area contributed by atoms with Crippen molar-refractivity contribution < 1.29 is 4.79 Å². The maximum absolute atomic E-state index is 12.5. The lowest BCUT2D eigenvalue weighted by atomic mass is 10.1. The third-order valence-corrected chi connectivity index (χ3v) is 5.25. The molecule has 2 aromatic rings. The number of amides is 1. The lowest BCUT2D eigenvalue weighted by molar-refractivity contribution is -0.128. The summed E-state index contributed by atoms with van der Waals surface area (Å²) in [5, 5.41) is 8.88. The quantitative estimate of drug-likeness (QED) is 0.579. The van der Waals surface area contributed by atoms with Crippen LogP contribution in [0.15, 0.2) is 29.4 Å². The molecule has 1 aromatic heterocycles. The molecule has 0 aliphatic heterocycles. The van der Waals surface area contributed by atoms with Crippen molar-refractivity contribution in [1.82, 2.24) is 19.8 Å². The van der Waals surface area contributed by atoms with Crippen LogP contribution in [0.1, 0.15) is 31.7 Å². The van der Waals surface area contributed by atoms with E-state index < -0.39 is 0 Å². The molecule has 1 fully saturated rings. The van der Waals surface area contributed by atoms with E-state index in [4.69, 9.17) is 5.84 Å². The Morgan fingerprint density at radius 3 is 2.68 bits per heavy atom. The van der Waals surface area contributed by atoms with Gasteiger partial charge >= 0.3 is 0 Å². The molecule has 0 radical (unpaired) electrons. The van der Waals surface area contributed by atoms with Crippen molar-refractivity contribution in [2.24, 2.45) is 5.92 Å². The van der Waals surface area contributed by atoms with E-state index >= 15 is 0 Å². The van der Waals surface area contributed by atoms with Crippen molar-refractivity contribution in [2.45, 2.75) is 38.3 Å². The summed E-state index contributed by atoms with van der Waals surface area (Å²) in [5.74, 6) is 7.94. The molecule has 0 unspecified atom stereocenters. The number of carbonyl (C=O) groups is 1. The molecule has 1 amide bonds. The second-order valence-corrected chi connectivity index (χ2v) is 7.56. The van der Waals surface area contributed by atoms with Gasteiger partial charge in [-0.3, -0.25) is 4.79 Å².